The predicted octanol–water partition coefficient (Wildman–Crippen LogP) is 2.26. The van der Waals surface area contributed by atoms with Gasteiger partial charge in [0.05, 0.1) is 17.2 Å². The van der Waals surface area contributed by atoms with Crippen LogP contribution in [0.15, 0.2) is 65.7 Å². The molecule has 0 N–H and O–H groups in total. The zero-order valence-corrected chi connectivity index (χ0v) is 12.0. The molecule has 0 atom stereocenters. The number of pyridine rings is 1. The number of aromatic nitrogens is 3. The summed E-state index contributed by atoms with van der Waals surface area (Å²) in [7, 11) is 0. The minimum absolute atomic E-state index is 0.0108. The largest absolute Gasteiger partial charge is 0.287 e. The maximum atomic E-state index is 12.2. The van der Waals surface area contributed by atoms with Crippen molar-refractivity contribution < 1.29 is 4.92 Å². The number of non-ortho nitro benzene ring substituents is 1. The SMILES string of the molecule is O=c1ccnc(-c2ccc([N+](=O)[O-])cc2)n1Cc1ccccn1. The lowest BCUT2D eigenvalue weighted by atomic mass is 10.2. The van der Waals surface area contributed by atoms with E-state index in [-0.39, 0.29) is 17.8 Å². The Morgan fingerprint density at radius 3 is 2.43 bits per heavy atom. The number of nitro groups is 1. The van der Waals surface area contributed by atoms with Gasteiger partial charge >= 0.3 is 0 Å². The summed E-state index contributed by atoms with van der Waals surface area (Å²) in [5.41, 5.74) is 1.14. The van der Waals surface area contributed by atoms with Gasteiger partial charge in [0.1, 0.15) is 5.82 Å². The van der Waals surface area contributed by atoms with Crippen LogP contribution in [0.25, 0.3) is 11.4 Å². The molecule has 7 nitrogen and oxygen atoms in total. The summed E-state index contributed by atoms with van der Waals surface area (Å²) in [5, 5.41) is 10.7. The fraction of sp³-hybridized carbons (Fsp3) is 0.0625. The molecule has 2 heterocycles. The van der Waals surface area contributed by atoms with Crippen LogP contribution in [-0.2, 0) is 6.54 Å². The minimum atomic E-state index is -0.469. The van der Waals surface area contributed by atoms with Gasteiger partial charge in [-0.25, -0.2) is 4.98 Å². The summed E-state index contributed by atoms with van der Waals surface area (Å²) < 4.78 is 1.49. The van der Waals surface area contributed by atoms with Crippen LogP contribution in [0, 0.1) is 10.1 Å². The monoisotopic (exact) mass is 308 g/mol. The highest BCUT2D eigenvalue weighted by atomic mass is 16.6. The van der Waals surface area contributed by atoms with E-state index in [4.69, 9.17) is 0 Å². The molecular formula is C16H12N4O3. The van der Waals surface area contributed by atoms with Gasteiger partial charge in [-0.3, -0.25) is 24.5 Å². The topological polar surface area (TPSA) is 90.9 Å². The predicted molar refractivity (Wildman–Crippen MR) is 83.9 cm³/mol. The van der Waals surface area contributed by atoms with Crippen LogP contribution < -0.4 is 5.56 Å². The van der Waals surface area contributed by atoms with Crippen LogP contribution in [0.5, 0.6) is 0 Å². The first kappa shape index (κ1) is 14.6. The van der Waals surface area contributed by atoms with E-state index in [0.717, 1.165) is 5.69 Å². The standard InChI is InChI=1S/C16H12N4O3/c21-15-8-10-18-16(12-4-6-14(7-5-12)20(22)23)19(15)11-13-3-1-2-9-17-13/h1-10H,11H2. The van der Waals surface area contributed by atoms with Gasteiger partial charge in [-0.05, 0) is 24.3 Å². The maximum Gasteiger partial charge on any atom is 0.269 e. The number of hydrogen-bond donors (Lipinski definition) is 0. The van der Waals surface area contributed by atoms with Gasteiger partial charge in [0.2, 0.25) is 0 Å². The highest BCUT2D eigenvalue weighted by Crippen LogP contribution is 2.20. The second-order valence-corrected chi connectivity index (χ2v) is 4.82. The second kappa shape index (κ2) is 6.18. The zero-order valence-electron chi connectivity index (χ0n) is 12.0. The van der Waals surface area contributed by atoms with Gasteiger partial charge in [-0.1, -0.05) is 6.07 Å². The normalized spacial score (nSPS) is 10.4. The summed E-state index contributed by atoms with van der Waals surface area (Å²) in [4.78, 5) is 30.9. The van der Waals surface area contributed by atoms with Gasteiger partial charge in [-0.2, -0.15) is 0 Å². The molecule has 7 heteroatoms. The molecule has 0 aliphatic rings. The molecule has 0 aliphatic heterocycles. The van der Waals surface area contributed by atoms with Crippen molar-refractivity contribution in [2.45, 2.75) is 6.54 Å². The molecule has 0 saturated carbocycles. The lowest BCUT2D eigenvalue weighted by Crippen LogP contribution is -2.22. The molecule has 0 fully saturated rings. The Morgan fingerprint density at radius 1 is 1.00 bits per heavy atom. The number of rotatable bonds is 4. The molecule has 0 spiro atoms. The van der Waals surface area contributed by atoms with Crippen molar-refractivity contribution in [3.05, 3.63) is 87.1 Å². The van der Waals surface area contributed by atoms with Crippen molar-refractivity contribution >= 4 is 5.69 Å². The first-order chi connectivity index (χ1) is 11.1. The molecule has 3 rings (SSSR count). The number of hydrogen-bond acceptors (Lipinski definition) is 5. The Bertz CT molecular complexity index is 889. The van der Waals surface area contributed by atoms with Gasteiger partial charge in [0.25, 0.3) is 11.2 Å². The summed E-state index contributed by atoms with van der Waals surface area (Å²) in [6.45, 7) is 0.278. The lowest BCUT2D eigenvalue weighted by Gasteiger charge is -2.11. The lowest BCUT2D eigenvalue weighted by molar-refractivity contribution is -0.384. The third kappa shape index (κ3) is 3.13. The second-order valence-electron chi connectivity index (χ2n) is 4.82. The van der Waals surface area contributed by atoms with Crippen LogP contribution in [-0.4, -0.2) is 19.5 Å². The van der Waals surface area contributed by atoms with Gasteiger partial charge < -0.3 is 0 Å². The Morgan fingerprint density at radius 2 is 1.78 bits per heavy atom. The molecule has 0 radical (unpaired) electrons. The number of nitrogens with zero attached hydrogens (tertiary/aromatic N) is 4. The molecule has 0 saturated heterocycles. The van der Waals surface area contributed by atoms with E-state index < -0.39 is 4.92 Å². The van der Waals surface area contributed by atoms with Crippen molar-refractivity contribution in [1.29, 1.82) is 0 Å². The fourth-order valence-corrected chi connectivity index (χ4v) is 2.20. The van der Waals surface area contributed by atoms with Gasteiger partial charge in [-0.15, -0.1) is 0 Å². The molecule has 114 valence electrons. The van der Waals surface area contributed by atoms with E-state index in [2.05, 4.69) is 9.97 Å². The molecule has 3 aromatic rings. The van der Waals surface area contributed by atoms with Crippen LogP contribution in [0.2, 0.25) is 0 Å². The molecule has 0 bridgehead atoms. The van der Waals surface area contributed by atoms with Crippen molar-refractivity contribution in [2.24, 2.45) is 0 Å². The Hall–Kier alpha value is -3.35. The number of nitro benzene ring substituents is 1. The highest BCUT2D eigenvalue weighted by Gasteiger charge is 2.11. The van der Waals surface area contributed by atoms with Crippen LogP contribution in [0.4, 0.5) is 5.69 Å². The minimum Gasteiger partial charge on any atom is -0.287 e. The number of benzene rings is 1. The van der Waals surface area contributed by atoms with Crippen LogP contribution >= 0.6 is 0 Å². The quantitative estimate of drug-likeness (QED) is 0.544. The van der Waals surface area contributed by atoms with Gasteiger partial charge in [0.15, 0.2) is 0 Å². The third-order valence-electron chi connectivity index (χ3n) is 3.32. The molecule has 2 aromatic heterocycles. The van der Waals surface area contributed by atoms with E-state index >= 15 is 0 Å². The smallest absolute Gasteiger partial charge is 0.269 e. The van der Waals surface area contributed by atoms with Crippen LogP contribution in [0.3, 0.4) is 0 Å². The molecule has 0 amide bonds. The van der Waals surface area contributed by atoms with Crippen molar-refractivity contribution in [3.8, 4) is 11.4 Å². The summed E-state index contributed by atoms with van der Waals surface area (Å²) in [6, 6.07) is 12.8. The summed E-state index contributed by atoms with van der Waals surface area (Å²) in [6.07, 6.45) is 3.08. The Kier molecular flexibility index (Phi) is 3.92. The van der Waals surface area contributed by atoms with Crippen molar-refractivity contribution in [2.75, 3.05) is 0 Å². The van der Waals surface area contributed by atoms with Crippen molar-refractivity contribution in [1.82, 2.24) is 14.5 Å². The van der Waals surface area contributed by atoms with Crippen molar-refractivity contribution in [3.63, 3.8) is 0 Å². The molecule has 0 unspecified atom stereocenters. The molecule has 0 aliphatic carbocycles. The first-order valence-electron chi connectivity index (χ1n) is 6.86. The Labute approximate surface area is 131 Å². The average molecular weight is 308 g/mol. The van der Waals surface area contributed by atoms with E-state index in [1.165, 1.54) is 29.0 Å². The summed E-state index contributed by atoms with van der Waals surface area (Å²) >= 11 is 0. The summed E-state index contributed by atoms with van der Waals surface area (Å²) in [5.74, 6) is 0.443. The Balaban J connectivity index is 2.04. The average Bonchev–Trinajstić information content (AvgIpc) is 2.58. The highest BCUT2D eigenvalue weighted by molar-refractivity contribution is 5.57. The fourth-order valence-electron chi connectivity index (χ4n) is 2.20. The first-order valence-corrected chi connectivity index (χ1v) is 6.86. The molecule has 23 heavy (non-hydrogen) atoms. The molecule has 1 aromatic carbocycles. The van der Waals surface area contributed by atoms with E-state index in [1.807, 2.05) is 12.1 Å². The zero-order chi connectivity index (χ0) is 16.2. The molecular weight excluding hydrogens is 296 g/mol. The van der Waals surface area contributed by atoms with Crippen LogP contribution in [0.1, 0.15) is 5.69 Å². The van der Waals surface area contributed by atoms with E-state index in [1.54, 1.807) is 24.4 Å². The third-order valence-corrected chi connectivity index (χ3v) is 3.32. The van der Waals surface area contributed by atoms with E-state index in [0.29, 0.717) is 11.4 Å². The maximum absolute atomic E-state index is 12.2. The van der Waals surface area contributed by atoms with E-state index in [9.17, 15) is 14.9 Å². The van der Waals surface area contributed by atoms with Gasteiger partial charge in [0, 0.05) is 36.2 Å².